The molecule has 4 N–H and O–H groups in total. The molecule has 2 aliphatic carbocycles. The second-order valence-electron chi connectivity index (χ2n) is 8.59. The molecular weight excluding hydrogens is 422 g/mol. The van der Waals surface area contributed by atoms with Crippen LogP contribution >= 0.6 is 0 Å². The van der Waals surface area contributed by atoms with Crippen LogP contribution in [0.15, 0.2) is 53.3 Å². The van der Waals surface area contributed by atoms with E-state index in [-0.39, 0.29) is 29.1 Å². The van der Waals surface area contributed by atoms with E-state index in [1.54, 1.807) is 12.1 Å². The quantitative estimate of drug-likeness (QED) is 0.312. The summed E-state index contributed by atoms with van der Waals surface area (Å²) in [5, 5.41) is 0. The van der Waals surface area contributed by atoms with Gasteiger partial charge in [-0.2, -0.15) is 0 Å². The van der Waals surface area contributed by atoms with E-state index >= 15 is 0 Å². The summed E-state index contributed by atoms with van der Waals surface area (Å²) in [6, 6.07) is 7.97. The van der Waals surface area contributed by atoms with Crippen LogP contribution in [-0.2, 0) is 12.0 Å². The molecule has 2 atom stereocenters. The highest BCUT2D eigenvalue weighted by Gasteiger charge is 2.45. The Labute approximate surface area is 192 Å². The fourth-order valence-electron chi connectivity index (χ4n) is 4.87. The first-order valence-corrected chi connectivity index (χ1v) is 10.6. The lowest BCUT2D eigenvalue weighted by molar-refractivity contribution is 0.101. The number of benzene rings is 1. The van der Waals surface area contributed by atoms with Gasteiger partial charge in [-0.25, -0.2) is 9.78 Å². The maximum absolute atomic E-state index is 12.4. The van der Waals surface area contributed by atoms with Gasteiger partial charge in [0.05, 0.1) is 18.3 Å². The molecule has 1 heterocycles. The van der Waals surface area contributed by atoms with Crippen LogP contribution in [0, 0.1) is 5.92 Å². The Kier molecular flexibility index (Phi) is 5.71. The van der Waals surface area contributed by atoms with Crippen LogP contribution in [0.5, 0.6) is 17.4 Å². The molecule has 0 saturated heterocycles. The third kappa shape index (κ3) is 4.09. The maximum Gasteiger partial charge on any atom is 0.520 e. The highest BCUT2D eigenvalue weighted by atomic mass is 16.7. The zero-order valence-corrected chi connectivity index (χ0v) is 19.1. The van der Waals surface area contributed by atoms with Gasteiger partial charge >= 0.3 is 6.16 Å². The first kappa shape index (κ1) is 22.5. The van der Waals surface area contributed by atoms with Gasteiger partial charge in [-0.05, 0) is 62.6 Å². The molecule has 33 heavy (non-hydrogen) atoms. The SMILES string of the molecule is COc1cc(C(C)=O)ccc1OC(=O)Oc1ccc2c(n1)C[C@H]1C=C(C)C[C@]2(N)/C1=C(/C)N. The van der Waals surface area contributed by atoms with Gasteiger partial charge in [0.1, 0.15) is 0 Å². The Hall–Kier alpha value is -3.65. The van der Waals surface area contributed by atoms with Gasteiger partial charge in [0.15, 0.2) is 17.3 Å². The first-order valence-electron chi connectivity index (χ1n) is 10.6. The van der Waals surface area contributed by atoms with Crippen molar-refractivity contribution in [3.8, 4) is 17.4 Å². The number of nitrogens with zero attached hydrogens (tertiary/aromatic N) is 1. The molecule has 4 rings (SSSR count). The van der Waals surface area contributed by atoms with Crippen molar-refractivity contribution in [3.05, 3.63) is 70.1 Å². The number of carbonyl (C=O) groups excluding carboxylic acids is 2. The smallest absolute Gasteiger partial charge is 0.493 e. The van der Waals surface area contributed by atoms with Gasteiger partial charge in [0.25, 0.3) is 0 Å². The van der Waals surface area contributed by atoms with Crippen LogP contribution in [-0.4, -0.2) is 24.0 Å². The lowest BCUT2D eigenvalue weighted by Crippen LogP contribution is -2.49. The van der Waals surface area contributed by atoms with E-state index in [4.69, 9.17) is 25.7 Å². The van der Waals surface area contributed by atoms with Crippen LogP contribution in [0.25, 0.3) is 0 Å². The Morgan fingerprint density at radius 1 is 1.12 bits per heavy atom. The lowest BCUT2D eigenvalue weighted by Gasteiger charge is -2.45. The normalized spacial score (nSPS) is 22.6. The number of Topliss-reactive ketones (excluding diaryl/α,β-unsaturated/α-hetero) is 1. The second-order valence-corrected chi connectivity index (χ2v) is 8.59. The minimum absolute atomic E-state index is 0.0556. The van der Waals surface area contributed by atoms with Crippen molar-refractivity contribution in [1.29, 1.82) is 0 Å². The molecule has 0 aliphatic heterocycles. The van der Waals surface area contributed by atoms with Crippen molar-refractivity contribution >= 4 is 11.9 Å². The minimum atomic E-state index is -0.969. The van der Waals surface area contributed by atoms with Crippen molar-refractivity contribution < 1.29 is 23.8 Å². The predicted molar refractivity (Wildman–Crippen MR) is 122 cm³/mol. The number of hydrogen-bond donors (Lipinski definition) is 2. The topological polar surface area (TPSA) is 127 Å². The van der Waals surface area contributed by atoms with Gasteiger partial charge in [-0.1, -0.05) is 11.6 Å². The number of allylic oxidation sites excluding steroid dienone is 2. The lowest BCUT2D eigenvalue weighted by atomic mass is 9.63. The summed E-state index contributed by atoms with van der Waals surface area (Å²) < 4.78 is 15.8. The number of methoxy groups -OCH3 is 1. The van der Waals surface area contributed by atoms with E-state index in [1.807, 2.05) is 13.0 Å². The van der Waals surface area contributed by atoms with Gasteiger partial charge in [-0.15, -0.1) is 0 Å². The van der Waals surface area contributed by atoms with Crippen molar-refractivity contribution in [2.24, 2.45) is 17.4 Å². The Balaban J connectivity index is 1.57. The number of fused-ring (bicyclic) bond motifs is 4. The number of nitrogens with two attached hydrogens (primary N) is 2. The molecule has 2 aliphatic rings. The summed E-state index contributed by atoms with van der Waals surface area (Å²) in [6.45, 7) is 5.39. The molecule has 0 spiro atoms. The van der Waals surface area contributed by atoms with E-state index in [1.165, 1.54) is 31.7 Å². The largest absolute Gasteiger partial charge is 0.520 e. The monoisotopic (exact) mass is 449 g/mol. The molecule has 8 heteroatoms. The summed E-state index contributed by atoms with van der Waals surface area (Å²) in [6.07, 6.45) is 2.48. The van der Waals surface area contributed by atoms with E-state index in [0.717, 1.165) is 22.5 Å². The predicted octanol–water partition coefficient (Wildman–Crippen LogP) is 3.78. The number of pyridine rings is 1. The van der Waals surface area contributed by atoms with Crippen molar-refractivity contribution in [2.75, 3.05) is 7.11 Å². The summed E-state index contributed by atoms with van der Waals surface area (Å²) in [4.78, 5) is 28.5. The van der Waals surface area contributed by atoms with E-state index in [2.05, 4.69) is 18.0 Å². The third-order valence-corrected chi connectivity index (χ3v) is 6.11. The highest BCUT2D eigenvalue weighted by Crippen LogP contribution is 2.49. The van der Waals surface area contributed by atoms with Crippen LogP contribution in [0.3, 0.4) is 0 Å². The molecule has 2 bridgehead atoms. The summed E-state index contributed by atoms with van der Waals surface area (Å²) >= 11 is 0. The van der Waals surface area contributed by atoms with Crippen molar-refractivity contribution in [2.45, 2.75) is 39.2 Å². The molecule has 0 fully saturated rings. The second kappa shape index (κ2) is 8.37. The molecule has 172 valence electrons. The molecule has 0 amide bonds. The third-order valence-electron chi connectivity index (χ3n) is 6.11. The molecule has 1 aromatic heterocycles. The molecular formula is C25H27N3O5. The van der Waals surface area contributed by atoms with Gasteiger partial charge in [-0.3, -0.25) is 4.79 Å². The molecule has 0 unspecified atom stereocenters. The summed E-state index contributed by atoms with van der Waals surface area (Å²) in [5.41, 5.74) is 17.4. The fourth-order valence-corrected chi connectivity index (χ4v) is 4.87. The zero-order chi connectivity index (χ0) is 23.9. The molecule has 0 radical (unpaired) electrons. The Bertz CT molecular complexity index is 1210. The molecule has 0 saturated carbocycles. The number of ether oxygens (including phenoxy) is 3. The molecule has 2 aromatic rings. The molecule has 1 aromatic carbocycles. The van der Waals surface area contributed by atoms with Crippen LogP contribution < -0.4 is 25.7 Å². The van der Waals surface area contributed by atoms with E-state index in [9.17, 15) is 9.59 Å². The zero-order valence-electron chi connectivity index (χ0n) is 19.1. The maximum atomic E-state index is 12.4. The number of rotatable bonds is 4. The average molecular weight is 450 g/mol. The van der Waals surface area contributed by atoms with Crippen LogP contribution in [0.1, 0.15) is 48.8 Å². The van der Waals surface area contributed by atoms with E-state index in [0.29, 0.717) is 18.4 Å². The summed E-state index contributed by atoms with van der Waals surface area (Å²) in [7, 11) is 1.42. The average Bonchev–Trinajstić information content (AvgIpc) is 2.72. The van der Waals surface area contributed by atoms with Crippen molar-refractivity contribution in [3.63, 3.8) is 0 Å². The minimum Gasteiger partial charge on any atom is -0.493 e. The highest BCUT2D eigenvalue weighted by molar-refractivity contribution is 5.94. The number of aromatic nitrogens is 1. The number of carbonyl (C=O) groups is 2. The molecule has 8 nitrogen and oxygen atoms in total. The Morgan fingerprint density at radius 3 is 2.55 bits per heavy atom. The van der Waals surface area contributed by atoms with Crippen molar-refractivity contribution in [1.82, 2.24) is 4.98 Å². The van der Waals surface area contributed by atoms with Gasteiger partial charge in [0, 0.05) is 29.7 Å². The van der Waals surface area contributed by atoms with Crippen LogP contribution in [0.4, 0.5) is 4.79 Å². The standard InChI is InChI=1S/C25H27N3O5/c1-13-9-17-10-19-18(25(27,12-13)23(17)14(2)26)6-8-22(28-19)33-24(30)32-20-7-5-16(15(3)29)11-21(20)31-4/h5-9,11,17H,10,12,26-27H2,1-4H3/b23-14-/t17-,25-/m1/s1. The first-order chi connectivity index (χ1) is 15.6. The van der Waals surface area contributed by atoms with Gasteiger partial charge in [0.2, 0.25) is 5.88 Å². The number of ketones is 1. The van der Waals surface area contributed by atoms with Crippen LogP contribution in [0.2, 0.25) is 0 Å². The fraction of sp³-hybridized carbons (Fsp3) is 0.320. The summed E-state index contributed by atoms with van der Waals surface area (Å²) in [5.74, 6) is 0.414. The Morgan fingerprint density at radius 2 is 1.88 bits per heavy atom. The van der Waals surface area contributed by atoms with E-state index < -0.39 is 11.7 Å². The number of hydrogen-bond acceptors (Lipinski definition) is 8. The van der Waals surface area contributed by atoms with Gasteiger partial charge < -0.3 is 25.7 Å².